The van der Waals surface area contributed by atoms with Gasteiger partial charge in [0, 0.05) is 18.8 Å². The third-order valence-corrected chi connectivity index (χ3v) is 5.58. The lowest BCUT2D eigenvalue weighted by atomic mass is 10.0. The van der Waals surface area contributed by atoms with Gasteiger partial charge in [-0.15, -0.1) is 0 Å². The van der Waals surface area contributed by atoms with Gasteiger partial charge in [-0.05, 0) is 64.5 Å². The summed E-state index contributed by atoms with van der Waals surface area (Å²) < 4.78 is 51.9. The number of pyridine rings is 1. The van der Waals surface area contributed by atoms with Gasteiger partial charge >= 0.3 is 12.1 Å². The number of aromatic nitrogens is 3. The first kappa shape index (κ1) is 25.7. The highest BCUT2D eigenvalue weighted by Crippen LogP contribution is 2.35. The van der Waals surface area contributed by atoms with Crippen molar-refractivity contribution in [2.24, 2.45) is 0 Å². The molecule has 3 aromatic rings. The molecule has 34 heavy (non-hydrogen) atoms. The third-order valence-electron chi connectivity index (χ3n) is 4.96. The molecule has 1 aromatic carbocycles. The van der Waals surface area contributed by atoms with Gasteiger partial charge < -0.3 is 9.47 Å². The van der Waals surface area contributed by atoms with E-state index in [9.17, 15) is 18.0 Å². The van der Waals surface area contributed by atoms with Crippen molar-refractivity contribution in [2.75, 3.05) is 6.61 Å². The van der Waals surface area contributed by atoms with E-state index in [2.05, 4.69) is 26.0 Å². The highest BCUT2D eigenvalue weighted by Gasteiger charge is 2.30. The van der Waals surface area contributed by atoms with E-state index in [0.717, 1.165) is 23.5 Å². The first-order chi connectivity index (χ1) is 16.1. The number of aryl methyl sites for hydroxylation is 1. The Kier molecular flexibility index (Phi) is 8.35. The Balaban J connectivity index is 1.69. The zero-order valence-electron chi connectivity index (χ0n) is 19.0. The fraction of sp³-hybridized carbons (Fsp3) is 0.375. The van der Waals surface area contributed by atoms with Gasteiger partial charge in [0.25, 0.3) is 0 Å². The number of para-hydroxylation sites is 1. The van der Waals surface area contributed by atoms with Crippen LogP contribution in [-0.2, 0) is 17.4 Å². The molecule has 2 heterocycles. The fourth-order valence-electron chi connectivity index (χ4n) is 3.25. The van der Waals surface area contributed by atoms with Crippen LogP contribution in [0.15, 0.2) is 47.2 Å². The summed E-state index contributed by atoms with van der Waals surface area (Å²) in [7, 11) is 0. The van der Waals surface area contributed by atoms with E-state index in [1.807, 2.05) is 13.8 Å². The summed E-state index contributed by atoms with van der Waals surface area (Å²) in [5, 5.41) is 4.55. The average molecular weight is 540 g/mol. The van der Waals surface area contributed by atoms with E-state index in [4.69, 9.17) is 9.47 Å². The number of esters is 1. The van der Waals surface area contributed by atoms with Crippen LogP contribution in [0.3, 0.4) is 0 Å². The van der Waals surface area contributed by atoms with Gasteiger partial charge in [0.15, 0.2) is 17.3 Å². The number of rotatable bonds is 9. The molecule has 0 saturated heterocycles. The molecular formula is C24H25BrF3N3O3. The molecule has 10 heteroatoms. The van der Waals surface area contributed by atoms with Gasteiger partial charge in [0.05, 0.1) is 22.3 Å². The third kappa shape index (κ3) is 6.37. The van der Waals surface area contributed by atoms with Gasteiger partial charge in [-0.1, -0.05) is 26.8 Å². The Morgan fingerprint density at radius 1 is 1.21 bits per heavy atom. The predicted molar refractivity (Wildman–Crippen MR) is 124 cm³/mol. The van der Waals surface area contributed by atoms with Gasteiger partial charge in [-0.2, -0.15) is 18.3 Å². The lowest BCUT2D eigenvalue weighted by molar-refractivity contribution is -0.138. The largest absolute Gasteiger partial charge is 0.488 e. The Labute approximate surface area is 204 Å². The fourth-order valence-corrected chi connectivity index (χ4v) is 3.71. The molecule has 0 bridgehead atoms. The van der Waals surface area contributed by atoms with E-state index in [0.29, 0.717) is 41.2 Å². The van der Waals surface area contributed by atoms with Crippen molar-refractivity contribution in [1.29, 1.82) is 0 Å². The van der Waals surface area contributed by atoms with Crippen molar-refractivity contribution in [3.8, 4) is 17.3 Å². The second-order valence-corrected chi connectivity index (χ2v) is 8.74. The van der Waals surface area contributed by atoms with Crippen LogP contribution in [0.4, 0.5) is 13.2 Å². The molecule has 0 amide bonds. The van der Waals surface area contributed by atoms with Crippen LogP contribution in [0, 0.1) is 0 Å². The first-order valence-electron chi connectivity index (χ1n) is 10.8. The minimum Gasteiger partial charge on any atom is -0.488 e. The van der Waals surface area contributed by atoms with Crippen molar-refractivity contribution < 1.29 is 27.4 Å². The summed E-state index contributed by atoms with van der Waals surface area (Å²) in [6.45, 7) is 6.08. The zero-order valence-corrected chi connectivity index (χ0v) is 20.6. The van der Waals surface area contributed by atoms with Crippen LogP contribution in [0.25, 0.3) is 5.82 Å². The minimum atomic E-state index is -4.44. The molecule has 0 fully saturated rings. The number of ether oxygens (including phenoxy) is 2. The predicted octanol–water partition coefficient (Wildman–Crippen LogP) is 6.50. The van der Waals surface area contributed by atoms with Crippen molar-refractivity contribution in [1.82, 2.24) is 14.8 Å². The van der Waals surface area contributed by atoms with Crippen molar-refractivity contribution in [2.45, 2.75) is 52.1 Å². The maximum atomic E-state index is 12.8. The van der Waals surface area contributed by atoms with Crippen molar-refractivity contribution in [3.63, 3.8) is 0 Å². The molecule has 0 radical (unpaired) electrons. The summed E-state index contributed by atoms with van der Waals surface area (Å²) in [4.78, 5) is 15.6. The average Bonchev–Trinajstić information content (AvgIpc) is 3.22. The summed E-state index contributed by atoms with van der Waals surface area (Å²) in [5.41, 5.74) is 1.01. The lowest BCUT2D eigenvalue weighted by Crippen LogP contribution is -2.08. The van der Waals surface area contributed by atoms with Gasteiger partial charge in [0.2, 0.25) is 0 Å². The number of hydrogen-bond acceptors (Lipinski definition) is 5. The number of carbonyl (C=O) groups is 1. The normalized spacial score (nSPS) is 11.6. The summed E-state index contributed by atoms with van der Waals surface area (Å²) >= 11 is 3.43. The van der Waals surface area contributed by atoms with Crippen molar-refractivity contribution in [3.05, 3.63) is 64.0 Å². The molecule has 0 atom stereocenters. The van der Waals surface area contributed by atoms with E-state index in [1.165, 1.54) is 10.7 Å². The van der Waals surface area contributed by atoms with E-state index in [1.54, 1.807) is 31.3 Å². The second-order valence-electron chi connectivity index (χ2n) is 7.89. The van der Waals surface area contributed by atoms with Crippen molar-refractivity contribution >= 4 is 21.9 Å². The Hall–Kier alpha value is -2.88. The SMILES string of the molecule is CCC(=O)Oc1cccc(Br)c1OCCCc1cn(-c2ccc(C(F)(F)F)cn2)nc1C(C)C. The van der Waals surface area contributed by atoms with Crippen LogP contribution in [-0.4, -0.2) is 27.3 Å². The number of nitrogens with zero attached hydrogens (tertiary/aromatic N) is 3. The Morgan fingerprint density at radius 2 is 1.97 bits per heavy atom. The van der Waals surface area contributed by atoms with E-state index < -0.39 is 11.7 Å². The highest BCUT2D eigenvalue weighted by molar-refractivity contribution is 9.10. The molecular weight excluding hydrogens is 515 g/mol. The molecule has 0 unspecified atom stereocenters. The van der Waals surface area contributed by atoms with Crippen LogP contribution < -0.4 is 9.47 Å². The van der Waals surface area contributed by atoms with Crippen LogP contribution in [0.1, 0.15) is 56.4 Å². The number of benzene rings is 1. The maximum Gasteiger partial charge on any atom is 0.417 e. The van der Waals surface area contributed by atoms with Gasteiger partial charge in [-0.3, -0.25) is 4.79 Å². The van der Waals surface area contributed by atoms with Crippen LogP contribution >= 0.6 is 15.9 Å². The summed E-state index contributed by atoms with van der Waals surface area (Å²) in [6.07, 6.45) is -0.302. The molecule has 0 N–H and O–H groups in total. The Bertz CT molecular complexity index is 1130. The standard InChI is InChI=1S/C24H25BrF3N3O3/c1-4-21(32)34-19-9-5-8-18(25)23(19)33-12-6-7-16-14-31(30-22(16)15(2)3)20-11-10-17(13-29-20)24(26,27)28/h5,8-11,13-15H,4,6-7,12H2,1-3H3. The molecule has 0 aliphatic heterocycles. The second kappa shape index (κ2) is 11.0. The lowest BCUT2D eigenvalue weighted by Gasteiger charge is -2.13. The summed E-state index contributed by atoms with van der Waals surface area (Å²) in [6, 6.07) is 7.53. The monoisotopic (exact) mass is 539 g/mol. The van der Waals surface area contributed by atoms with E-state index >= 15 is 0 Å². The van der Waals surface area contributed by atoms with Gasteiger partial charge in [-0.25, -0.2) is 9.67 Å². The molecule has 0 aliphatic rings. The highest BCUT2D eigenvalue weighted by atomic mass is 79.9. The minimum absolute atomic E-state index is 0.120. The number of hydrogen-bond donors (Lipinski definition) is 0. The first-order valence-corrected chi connectivity index (χ1v) is 11.6. The summed E-state index contributed by atoms with van der Waals surface area (Å²) in [5.74, 6) is 0.889. The smallest absolute Gasteiger partial charge is 0.417 e. The van der Waals surface area contributed by atoms with Gasteiger partial charge in [0.1, 0.15) is 0 Å². The van der Waals surface area contributed by atoms with Crippen LogP contribution in [0.2, 0.25) is 0 Å². The molecule has 0 aliphatic carbocycles. The zero-order chi connectivity index (χ0) is 24.9. The van der Waals surface area contributed by atoms with Crippen LogP contribution in [0.5, 0.6) is 11.5 Å². The number of halogens is 4. The molecule has 0 spiro atoms. The quantitative estimate of drug-likeness (QED) is 0.176. The number of alkyl halides is 3. The number of carbonyl (C=O) groups excluding carboxylic acids is 1. The topological polar surface area (TPSA) is 66.2 Å². The molecule has 0 saturated carbocycles. The Morgan fingerprint density at radius 3 is 2.59 bits per heavy atom. The molecule has 6 nitrogen and oxygen atoms in total. The van der Waals surface area contributed by atoms with E-state index in [-0.39, 0.29) is 18.3 Å². The molecule has 3 rings (SSSR count). The molecule has 2 aromatic heterocycles. The maximum absolute atomic E-state index is 12.8. The molecule has 182 valence electrons.